The fourth-order valence-corrected chi connectivity index (χ4v) is 3.23. The van der Waals surface area contributed by atoms with E-state index in [1.165, 1.54) is 11.8 Å². The lowest BCUT2D eigenvalue weighted by atomic mass is 10.1. The Labute approximate surface area is 141 Å². The van der Waals surface area contributed by atoms with Crippen LogP contribution < -0.4 is 0 Å². The van der Waals surface area contributed by atoms with Crippen molar-refractivity contribution >= 4 is 11.6 Å². The summed E-state index contributed by atoms with van der Waals surface area (Å²) in [6, 6.07) is 5.46. The zero-order chi connectivity index (χ0) is 16.4. The van der Waals surface area contributed by atoms with Gasteiger partial charge in [0, 0.05) is 31.9 Å². The highest BCUT2D eigenvalue weighted by Crippen LogP contribution is 2.25. The van der Waals surface area contributed by atoms with E-state index in [-0.39, 0.29) is 10.8 Å². The molecule has 0 saturated carbocycles. The summed E-state index contributed by atoms with van der Waals surface area (Å²) in [5, 5.41) is 0.175. The van der Waals surface area contributed by atoms with Crippen LogP contribution in [0.2, 0.25) is 5.02 Å². The van der Waals surface area contributed by atoms with Crippen LogP contribution in [-0.4, -0.2) is 46.5 Å². The number of imidazole rings is 1. The molecule has 1 aromatic heterocycles. The van der Waals surface area contributed by atoms with Gasteiger partial charge in [-0.2, -0.15) is 0 Å². The highest BCUT2D eigenvalue weighted by molar-refractivity contribution is 6.30. The fourth-order valence-electron chi connectivity index (χ4n) is 3.12. The van der Waals surface area contributed by atoms with Crippen LogP contribution in [0.25, 0.3) is 0 Å². The molecule has 1 aliphatic rings. The first-order valence-corrected chi connectivity index (χ1v) is 8.22. The normalized spacial score (nSPS) is 18.4. The van der Waals surface area contributed by atoms with Crippen molar-refractivity contribution in [3.63, 3.8) is 0 Å². The smallest absolute Gasteiger partial charge is 0.142 e. The minimum atomic E-state index is -0.352. The Morgan fingerprint density at radius 3 is 2.96 bits per heavy atom. The van der Waals surface area contributed by atoms with Gasteiger partial charge >= 0.3 is 0 Å². The Kier molecular flexibility index (Phi) is 4.99. The maximum atomic E-state index is 13.6. The van der Waals surface area contributed by atoms with Gasteiger partial charge in [-0.3, -0.25) is 4.90 Å². The molecule has 4 nitrogen and oxygen atoms in total. The predicted molar refractivity (Wildman–Crippen MR) is 90.0 cm³/mol. The lowest BCUT2D eigenvalue weighted by Crippen LogP contribution is -2.37. The molecule has 1 aromatic carbocycles. The summed E-state index contributed by atoms with van der Waals surface area (Å²) >= 11 is 5.76. The molecule has 0 bridgehead atoms. The third-order valence-electron chi connectivity index (χ3n) is 4.29. The number of rotatable bonds is 5. The van der Waals surface area contributed by atoms with Gasteiger partial charge in [-0.25, -0.2) is 9.37 Å². The van der Waals surface area contributed by atoms with E-state index in [1.54, 1.807) is 6.07 Å². The molecule has 0 radical (unpaired) electrons. The molecule has 0 N–H and O–H groups in total. The molecule has 0 saturated heterocycles. The highest BCUT2D eigenvalue weighted by atomic mass is 35.5. The molecule has 0 aliphatic carbocycles. The topological polar surface area (TPSA) is 24.3 Å². The van der Waals surface area contributed by atoms with E-state index in [1.807, 2.05) is 18.6 Å². The molecule has 23 heavy (non-hydrogen) atoms. The highest BCUT2D eigenvalue weighted by Gasteiger charge is 2.25. The van der Waals surface area contributed by atoms with Crippen LogP contribution in [0.1, 0.15) is 23.7 Å². The van der Waals surface area contributed by atoms with Crippen LogP contribution in [0.15, 0.2) is 30.7 Å². The molecule has 0 unspecified atom stereocenters. The van der Waals surface area contributed by atoms with E-state index in [2.05, 4.69) is 33.4 Å². The summed E-state index contributed by atoms with van der Waals surface area (Å²) in [6.45, 7) is 3.54. The quantitative estimate of drug-likeness (QED) is 0.838. The van der Waals surface area contributed by atoms with Gasteiger partial charge in [-0.1, -0.05) is 17.7 Å². The average molecular weight is 337 g/mol. The minimum Gasteiger partial charge on any atom is -0.329 e. The molecular weight excluding hydrogens is 315 g/mol. The van der Waals surface area contributed by atoms with Gasteiger partial charge in [0.2, 0.25) is 0 Å². The molecule has 1 atom stereocenters. The summed E-state index contributed by atoms with van der Waals surface area (Å²) in [4.78, 5) is 8.84. The molecule has 0 amide bonds. The number of fused-ring (bicyclic) bond motifs is 1. The molecule has 3 rings (SSSR count). The summed E-state index contributed by atoms with van der Waals surface area (Å²) in [5.41, 5.74) is 2.17. The SMILES string of the molecule is CN(C)CC[C@@H]1CN(Cc2ccc(Cl)c(F)c2)Cc2cncn21. The monoisotopic (exact) mass is 336 g/mol. The Morgan fingerprint density at radius 2 is 2.22 bits per heavy atom. The van der Waals surface area contributed by atoms with E-state index in [0.717, 1.165) is 38.2 Å². The van der Waals surface area contributed by atoms with Gasteiger partial charge in [-0.05, 0) is 44.8 Å². The third kappa shape index (κ3) is 3.91. The van der Waals surface area contributed by atoms with Crippen molar-refractivity contribution in [2.24, 2.45) is 0 Å². The van der Waals surface area contributed by atoms with Gasteiger partial charge in [0.1, 0.15) is 5.82 Å². The summed E-state index contributed by atoms with van der Waals surface area (Å²) in [6.07, 6.45) is 4.92. The molecule has 0 spiro atoms. The Balaban J connectivity index is 1.72. The summed E-state index contributed by atoms with van der Waals surface area (Å²) in [7, 11) is 4.18. The van der Waals surface area contributed by atoms with Crippen molar-refractivity contribution in [1.29, 1.82) is 0 Å². The maximum Gasteiger partial charge on any atom is 0.142 e. The zero-order valence-electron chi connectivity index (χ0n) is 13.5. The number of halogens is 2. The van der Waals surface area contributed by atoms with Crippen molar-refractivity contribution in [2.75, 3.05) is 27.2 Å². The number of aromatic nitrogens is 2. The Bertz CT molecular complexity index is 670. The van der Waals surface area contributed by atoms with E-state index in [9.17, 15) is 4.39 Å². The first-order valence-electron chi connectivity index (χ1n) is 7.84. The minimum absolute atomic E-state index is 0.175. The lowest BCUT2D eigenvalue weighted by molar-refractivity contribution is 0.165. The van der Waals surface area contributed by atoms with Crippen LogP contribution >= 0.6 is 11.6 Å². The van der Waals surface area contributed by atoms with Gasteiger partial charge in [0.25, 0.3) is 0 Å². The van der Waals surface area contributed by atoms with E-state index < -0.39 is 0 Å². The Morgan fingerprint density at radius 1 is 1.39 bits per heavy atom. The second-order valence-corrected chi connectivity index (χ2v) is 6.86. The Hall–Kier alpha value is -1.43. The molecule has 1 aliphatic heterocycles. The first kappa shape index (κ1) is 16.4. The van der Waals surface area contributed by atoms with Gasteiger partial charge in [0.15, 0.2) is 0 Å². The zero-order valence-corrected chi connectivity index (χ0v) is 14.3. The van der Waals surface area contributed by atoms with Gasteiger partial charge < -0.3 is 9.47 Å². The van der Waals surface area contributed by atoms with E-state index >= 15 is 0 Å². The van der Waals surface area contributed by atoms with Crippen LogP contribution in [0, 0.1) is 5.82 Å². The second-order valence-electron chi connectivity index (χ2n) is 6.46. The first-order chi connectivity index (χ1) is 11.0. The molecule has 124 valence electrons. The van der Waals surface area contributed by atoms with Crippen LogP contribution in [0.3, 0.4) is 0 Å². The number of nitrogens with zero attached hydrogens (tertiary/aromatic N) is 4. The largest absolute Gasteiger partial charge is 0.329 e. The molecule has 2 heterocycles. The molecular formula is C17H22ClFN4. The van der Waals surface area contributed by atoms with E-state index in [4.69, 9.17) is 11.6 Å². The fraction of sp³-hybridized carbons (Fsp3) is 0.471. The number of hydrogen-bond acceptors (Lipinski definition) is 3. The van der Waals surface area contributed by atoms with Crippen molar-refractivity contribution in [1.82, 2.24) is 19.4 Å². The lowest BCUT2D eigenvalue weighted by Gasteiger charge is -2.35. The molecule has 6 heteroatoms. The summed E-state index contributed by atoms with van der Waals surface area (Å²) in [5.74, 6) is -0.352. The van der Waals surface area contributed by atoms with Crippen molar-refractivity contribution in [3.8, 4) is 0 Å². The number of benzene rings is 1. The maximum absolute atomic E-state index is 13.6. The summed E-state index contributed by atoms with van der Waals surface area (Å²) < 4.78 is 15.9. The van der Waals surface area contributed by atoms with Crippen LogP contribution in [0.5, 0.6) is 0 Å². The van der Waals surface area contributed by atoms with Crippen molar-refractivity contribution in [3.05, 3.63) is 52.8 Å². The molecule has 2 aromatic rings. The van der Waals surface area contributed by atoms with Crippen molar-refractivity contribution < 1.29 is 4.39 Å². The van der Waals surface area contributed by atoms with Gasteiger partial charge in [-0.15, -0.1) is 0 Å². The standard InChI is InChI=1S/C17H22ClFN4/c1-21(2)6-5-14-10-22(11-15-8-20-12-23(14)15)9-13-3-4-16(18)17(19)7-13/h3-4,7-8,12,14H,5-6,9-11H2,1-2H3/t14-/m1/s1. The number of hydrogen-bond donors (Lipinski definition) is 0. The van der Waals surface area contributed by atoms with Gasteiger partial charge in [0.05, 0.1) is 17.0 Å². The third-order valence-corrected chi connectivity index (χ3v) is 4.60. The predicted octanol–water partition coefficient (Wildman–Crippen LogP) is 3.18. The van der Waals surface area contributed by atoms with Crippen LogP contribution in [0.4, 0.5) is 4.39 Å². The van der Waals surface area contributed by atoms with Crippen LogP contribution in [-0.2, 0) is 13.1 Å². The molecule has 0 fully saturated rings. The van der Waals surface area contributed by atoms with E-state index in [0.29, 0.717) is 6.04 Å². The van der Waals surface area contributed by atoms with Crippen molar-refractivity contribution in [2.45, 2.75) is 25.6 Å². The average Bonchev–Trinajstić information content (AvgIpc) is 2.97. The second kappa shape index (κ2) is 6.99.